The lowest BCUT2D eigenvalue weighted by molar-refractivity contribution is -0.120. The van der Waals surface area contributed by atoms with Crippen molar-refractivity contribution < 1.29 is 14.3 Å². The van der Waals surface area contributed by atoms with Gasteiger partial charge in [-0.05, 0) is 26.8 Å². The highest BCUT2D eigenvalue weighted by Gasteiger charge is 2.15. The molecule has 1 rings (SSSR count). The van der Waals surface area contributed by atoms with E-state index in [4.69, 9.17) is 4.74 Å². The van der Waals surface area contributed by atoms with E-state index < -0.39 is 11.7 Å². The van der Waals surface area contributed by atoms with Crippen LogP contribution in [0.25, 0.3) is 0 Å². The maximum atomic E-state index is 11.5. The fourth-order valence-corrected chi connectivity index (χ4v) is 1.14. The van der Waals surface area contributed by atoms with Gasteiger partial charge in [0.1, 0.15) is 5.60 Å². The lowest BCUT2D eigenvalue weighted by atomic mass is 10.2. The van der Waals surface area contributed by atoms with Crippen molar-refractivity contribution in [3.63, 3.8) is 0 Å². The number of ether oxygens (including phenoxy) is 1. The fourth-order valence-electron chi connectivity index (χ4n) is 1.14. The van der Waals surface area contributed by atoms with Crippen LogP contribution in [0.5, 0.6) is 0 Å². The first-order valence-electron chi connectivity index (χ1n) is 6.15. The Morgan fingerprint density at radius 3 is 2.50 bits per heavy atom. The van der Waals surface area contributed by atoms with E-state index in [-0.39, 0.29) is 18.9 Å². The van der Waals surface area contributed by atoms with Gasteiger partial charge < -0.3 is 10.1 Å². The third-order valence-electron chi connectivity index (χ3n) is 1.90. The first-order valence-corrected chi connectivity index (χ1v) is 6.15. The molecule has 0 bridgehead atoms. The Hall–Kier alpha value is -2.38. The summed E-state index contributed by atoms with van der Waals surface area (Å²) in [6.45, 7) is 5.48. The van der Waals surface area contributed by atoms with E-state index in [1.54, 1.807) is 39.2 Å². The predicted molar refractivity (Wildman–Crippen MR) is 72.7 cm³/mol. The molecular formula is C12H19N5O3. The summed E-state index contributed by atoms with van der Waals surface area (Å²) < 4.78 is 5.03. The molecule has 0 fully saturated rings. The zero-order chi connectivity index (χ0) is 15.0. The Morgan fingerprint density at radius 2 is 1.90 bits per heavy atom. The van der Waals surface area contributed by atoms with E-state index in [0.717, 1.165) is 0 Å². The van der Waals surface area contributed by atoms with Crippen LogP contribution >= 0.6 is 0 Å². The second-order valence-electron chi connectivity index (χ2n) is 4.92. The van der Waals surface area contributed by atoms with Gasteiger partial charge in [-0.1, -0.05) is 0 Å². The Bertz CT molecular complexity index is 444. The van der Waals surface area contributed by atoms with Gasteiger partial charge in [0.05, 0.1) is 0 Å². The van der Waals surface area contributed by atoms with Gasteiger partial charge in [0.15, 0.2) is 0 Å². The van der Waals surface area contributed by atoms with Gasteiger partial charge in [-0.15, -0.1) is 0 Å². The third-order valence-corrected chi connectivity index (χ3v) is 1.90. The van der Waals surface area contributed by atoms with Crippen LogP contribution in [0.2, 0.25) is 0 Å². The molecule has 0 radical (unpaired) electrons. The third kappa shape index (κ3) is 7.14. The summed E-state index contributed by atoms with van der Waals surface area (Å²) in [5, 5.41) is 2.49. The average Bonchev–Trinajstić information content (AvgIpc) is 2.35. The number of anilines is 1. The van der Waals surface area contributed by atoms with Crippen molar-refractivity contribution in [2.24, 2.45) is 0 Å². The first kappa shape index (κ1) is 15.7. The first-order chi connectivity index (χ1) is 9.37. The summed E-state index contributed by atoms with van der Waals surface area (Å²) in [7, 11) is 0. The number of amides is 2. The van der Waals surface area contributed by atoms with Crippen molar-refractivity contribution in [3.8, 4) is 0 Å². The smallest absolute Gasteiger partial charge is 0.407 e. The number of carbonyl (C=O) groups is 2. The minimum Gasteiger partial charge on any atom is -0.444 e. The molecular weight excluding hydrogens is 262 g/mol. The molecule has 0 aliphatic rings. The fraction of sp³-hybridized carbons (Fsp3) is 0.500. The zero-order valence-electron chi connectivity index (χ0n) is 11.8. The molecule has 0 atom stereocenters. The number of hydrogen-bond acceptors (Lipinski definition) is 6. The molecule has 20 heavy (non-hydrogen) atoms. The van der Waals surface area contributed by atoms with E-state index in [0.29, 0.717) is 5.95 Å². The second-order valence-corrected chi connectivity index (χ2v) is 4.92. The van der Waals surface area contributed by atoms with Crippen LogP contribution in [0.15, 0.2) is 18.5 Å². The molecule has 2 amide bonds. The number of aromatic nitrogens is 2. The highest BCUT2D eigenvalue weighted by Crippen LogP contribution is 2.06. The highest BCUT2D eigenvalue weighted by atomic mass is 16.6. The van der Waals surface area contributed by atoms with Crippen LogP contribution in [0.4, 0.5) is 10.7 Å². The molecule has 8 nitrogen and oxygen atoms in total. The lowest BCUT2D eigenvalue weighted by Gasteiger charge is -2.19. The topological polar surface area (TPSA) is 105 Å². The van der Waals surface area contributed by atoms with Crippen LogP contribution in [-0.4, -0.2) is 34.1 Å². The quantitative estimate of drug-likeness (QED) is 0.690. The Morgan fingerprint density at radius 1 is 1.25 bits per heavy atom. The number of rotatable bonds is 5. The number of nitrogens with one attached hydrogen (secondary N) is 3. The number of hydrazine groups is 1. The van der Waals surface area contributed by atoms with E-state index in [1.165, 1.54) is 0 Å². The summed E-state index contributed by atoms with van der Waals surface area (Å²) in [4.78, 5) is 30.5. The van der Waals surface area contributed by atoms with Gasteiger partial charge in [0, 0.05) is 25.4 Å². The molecule has 1 aromatic rings. The number of alkyl carbamates (subject to hydrolysis) is 1. The largest absolute Gasteiger partial charge is 0.444 e. The molecule has 8 heteroatoms. The normalized spacial score (nSPS) is 10.6. The van der Waals surface area contributed by atoms with Crippen LogP contribution in [0, 0.1) is 0 Å². The maximum Gasteiger partial charge on any atom is 0.407 e. The molecule has 0 unspecified atom stereocenters. The predicted octanol–water partition coefficient (Wildman–Crippen LogP) is 0.834. The summed E-state index contributed by atoms with van der Waals surface area (Å²) in [5.74, 6) is -0.00513. The van der Waals surface area contributed by atoms with Crippen LogP contribution in [0.3, 0.4) is 0 Å². The summed E-state index contributed by atoms with van der Waals surface area (Å²) in [6.07, 6.45) is 2.65. The van der Waals surface area contributed by atoms with Gasteiger partial charge in [-0.2, -0.15) is 0 Å². The van der Waals surface area contributed by atoms with Crippen LogP contribution in [0.1, 0.15) is 27.2 Å². The van der Waals surface area contributed by atoms with Crippen molar-refractivity contribution >= 4 is 17.9 Å². The highest BCUT2D eigenvalue weighted by molar-refractivity contribution is 5.77. The molecule has 0 aromatic carbocycles. The molecule has 1 heterocycles. The average molecular weight is 281 g/mol. The van der Waals surface area contributed by atoms with Crippen LogP contribution < -0.4 is 16.2 Å². The number of carbonyl (C=O) groups excluding carboxylic acids is 2. The monoisotopic (exact) mass is 281 g/mol. The summed E-state index contributed by atoms with van der Waals surface area (Å²) in [5.41, 5.74) is 4.41. The molecule has 0 aliphatic heterocycles. The van der Waals surface area contributed by atoms with Gasteiger partial charge in [0.2, 0.25) is 11.9 Å². The number of hydrogen-bond donors (Lipinski definition) is 3. The Balaban J connectivity index is 2.16. The molecule has 110 valence electrons. The van der Waals surface area contributed by atoms with Gasteiger partial charge in [0.25, 0.3) is 0 Å². The van der Waals surface area contributed by atoms with E-state index in [1.807, 2.05) is 0 Å². The molecule has 0 saturated carbocycles. The second kappa shape index (κ2) is 7.27. The molecule has 3 N–H and O–H groups in total. The van der Waals surface area contributed by atoms with Gasteiger partial charge in [-0.25, -0.2) is 14.8 Å². The van der Waals surface area contributed by atoms with Gasteiger partial charge in [-0.3, -0.25) is 15.6 Å². The van der Waals surface area contributed by atoms with Crippen molar-refractivity contribution in [3.05, 3.63) is 18.5 Å². The number of nitrogens with zero attached hydrogens (tertiary/aromatic N) is 2. The van der Waals surface area contributed by atoms with Crippen molar-refractivity contribution in [1.29, 1.82) is 0 Å². The molecule has 0 aliphatic carbocycles. The van der Waals surface area contributed by atoms with E-state index in [9.17, 15) is 9.59 Å². The molecule has 0 spiro atoms. The minimum atomic E-state index is -0.557. The summed E-state index contributed by atoms with van der Waals surface area (Å²) >= 11 is 0. The Labute approximate surface area is 117 Å². The van der Waals surface area contributed by atoms with Crippen molar-refractivity contribution in [2.75, 3.05) is 12.0 Å². The van der Waals surface area contributed by atoms with Crippen molar-refractivity contribution in [2.45, 2.75) is 32.8 Å². The van der Waals surface area contributed by atoms with E-state index >= 15 is 0 Å². The molecule has 0 saturated heterocycles. The van der Waals surface area contributed by atoms with E-state index in [2.05, 4.69) is 26.1 Å². The Kier molecular flexibility index (Phi) is 5.70. The molecule has 1 aromatic heterocycles. The maximum absolute atomic E-state index is 11.5. The van der Waals surface area contributed by atoms with Crippen LogP contribution in [-0.2, 0) is 9.53 Å². The summed E-state index contributed by atoms with van der Waals surface area (Å²) in [6, 6.07) is 1.66. The SMILES string of the molecule is CC(C)(C)OC(=O)NCCC(=O)NNc1ncccn1. The van der Waals surface area contributed by atoms with Crippen molar-refractivity contribution in [1.82, 2.24) is 20.7 Å². The standard InChI is InChI=1S/C12H19N5O3/c1-12(2,3)20-11(19)15-8-5-9(18)16-17-10-13-6-4-7-14-10/h4,6-7H,5,8H2,1-3H3,(H,15,19)(H,16,18)(H,13,14,17). The minimum absolute atomic E-state index is 0.110. The van der Waals surface area contributed by atoms with Gasteiger partial charge >= 0.3 is 6.09 Å². The lowest BCUT2D eigenvalue weighted by Crippen LogP contribution is -2.36. The zero-order valence-corrected chi connectivity index (χ0v) is 11.8.